The van der Waals surface area contributed by atoms with Crippen molar-refractivity contribution >= 4 is 32.6 Å². The molecule has 1 aromatic heterocycles. The Bertz CT molecular complexity index is 1840. The number of aromatic nitrogens is 1. The van der Waals surface area contributed by atoms with E-state index in [0.29, 0.717) is 0 Å². The van der Waals surface area contributed by atoms with Crippen LogP contribution in [0.25, 0.3) is 49.4 Å². The van der Waals surface area contributed by atoms with Crippen molar-refractivity contribution in [1.29, 1.82) is 0 Å². The molecule has 1 heteroatoms. The maximum absolute atomic E-state index is 2.37. The van der Waals surface area contributed by atoms with Crippen LogP contribution in [0.1, 0.15) is 11.1 Å². The third kappa shape index (κ3) is 3.40. The summed E-state index contributed by atoms with van der Waals surface area (Å²) in [5.41, 5.74) is 8.89. The summed E-state index contributed by atoms with van der Waals surface area (Å²) < 4.78 is 2.37. The van der Waals surface area contributed by atoms with Gasteiger partial charge in [0.25, 0.3) is 0 Å². The molecule has 36 heavy (non-hydrogen) atoms. The second-order valence-corrected chi connectivity index (χ2v) is 9.40. The van der Waals surface area contributed by atoms with Crippen LogP contribution >= 0.6 is 0 Å². The maximum Gasteiger partial charge on any atom is 0.0541 e. The molecule has 0 fully saturated rings. The minimum Gasteiger partial charge on any atom is -0.309 e. The van der Waals surface area contributed by atoms with Crippen LogP contribution in [0, 0.1) is 0 Å². The summed E-state index contributed by atoms with van der Waals surface area (Å²) in [6.45, 7) is 0. The van der Waals surface area contributed by atoms with Gasteiger partial charge in [-0.05, 0) is 69.8 Å². The average Bonchev–Trinajstić information content (AvgIpc) is 3.28. The van der Waals surface area contributed by atoms with Crippen LogP contribution in [0.5, 0.6) is 0 Å². The standard InChI is InChI=1S/C35H25N/c1-3-11-25(12-4-1)23-26-13-9-19-31-29(26)17-10-18-30(31)27-21-22-35-33(24-27)32-16-7-8-20-34(32)36(35)28-14-5-2-6-15-28/h1-22,24H,23H2. The molecule has 0 amide bonds. The van der Waals surface area contributed by atoms with Gasteiger partial charge in [-0.15, -0.1) is 0 Å². The number of nitrogens with zero attached hydrogens (tertiary/aromatic N) is 1. The highest BCUT2D eigenvalue weighted by Crippen LogP contribution is 2.37. The SMILES string of the molecule is c1ccc(Cc2cccc3c(-c4ccc5c(c4)c4ccccc4n5-c4ccccc4)cccc23)cc1. The lowest BCUT2D eigenvalue weighted by molar-refractivity contribution is 1.18. The van der Waals surface area contributed by atoms with Gasteiger partial charge in [0, 0.05) is 16.5 Å². The molecule has 0 saturated carbocycles. The summed E-state index contributed by atoms with van der Waals surface area (Å²) in [6.07, 6.45) is 0.936. The average molecular weight is 460 g/mol. The Hall–Kier alpha value is -4.62. The second-order valence-electron chi connectivity index (χ2n) is 9.40. The van der Waals surface area contributed by atoms with Crippen molar-refractivity contribution in [3.05, 3.63) is 151 Å². The first kappa shape index (κ1) is 20.7. The van der Waals surface area contributed by atoms with Crippen molar-refractivity contribution in [2.24, 2.45) is 0 Å². The lowest BCUT2D eigenvalue weighted by atomic mass is 9.92. The molecular formula is C35H25N. The molecule has 0 aliphatic carbocycles. The van der Waals surface area contributed by atoms with Gasteiger partial charge in [-0.25, -0.2) is 0 Å². The molecule has 6 aromatic carbocycles. The van der Waals surface area contributed by atoms with Gasteiger partial charge in [0.15, 0.2) is 0 Å². The van der Waals surface area contributed by atoms with Crippen molar-refractivity contribution in [2.45, 2.75) is 6.42 Å². The van der Waals surface area contributed by atoms with E-state index in [-0.39, 0.29) is 0 Å². The molecule has 0 aliphatic rings. The molecule has 0 spiro atoms. The van der Waals surface area contributed by atoms with Crippen LogP contribution in [-0.2, 0) is 6.42 Å². The van der Waals surface area contributed by atoms with Crippen molar-refractivity contribution in [3.8, 4) is 16.8 Å². The fourth-order valence-electron chi connectivity index (χ4n) is 5.59. The molecule has 170 valence electrons. The lowest BCUT2D eigenvalue weighted by Crippen LogP contribution is -1.93. The zero-order valence-corrected chi connectivity index (χ0v) is 19.9. The number of rotatable bonds is 4. The Kier molecular flexibility index (Phi) is 4.92. The number of benzene rings is 6. The molecule has 0 unspecified atom stereocenters. The van der Waals surface area contributed by atoms with E-state index in [1.165, 1.54) is 60.5 Å². The summed E-state index contributed by atoms with van der Waals surface area (Å²) in [5, 5.41) is 5.19. The number of hydrogen-bond donors (Lipinski definition) is 0. The molecule has 0 saturated heterocycles. The highest BCUT2D eigenvalue weighted by atomic mass is 15.0. The van der Waals surface area contributed by atoms with Crippen molar-refractivity contribution in [2.75, 3.05) is 0 Å². The predicted octanol–water partition coefficient (Wildman–Crippen LogP) is 9.19. The van der Waals surface area contributed by atoms with Gasteiger partial charge >= 0.3 is 0 Å². The monoisotopic (exact) mass is 459 g/mol. The first-order chi connectivity index (χ1) is 17.9. The summed E-state index contributed by atoms with van der Waals surface area (Å²) in [7, 11) is 0. The van der Waals surface area contributed by atoms with E-state index in [9.17, 15) is 0 Å². The van der Waals surface area contributed by atoms with Gasteiger partial charge in [-0.1, -0.05) is 109 Å². The third-order valence-corrected chi connectivity index (χ3v) is 7.25. The minimum absolute atomic E-state index is 0.936. The topological polar surface area (TPSA) is 4.93 Å². The van der Waals surface area contributed by atoms with Gasteiger partial charge in [-0.3, -0.25) is 0 Å². The fraction of sp³-hybridized carbons (Fsp3) is 0.0286. The van der Waals surface area contributed by atoms with Gasteiger partial charge in [0.05, 0.1) is 11.0 Å². The first-order valence-electron chi connectivity index (χ1n) is 12.5. The summed E-state index contributed by atoms with van der Waals surface area (Å²) >= 11 is 0. The molecule has 0 N–H and O–H groups in total. The van der Waals surface area contributed by atoms with Crippen LogP contribution in [0.4, 0.5) is 0 Å². The summed E-state index contributed by atoms with van der Waals surface area (Å²) in [6, 6.07) is 50.5. The molecule has 1 nitrogen and oxygen atoms in total. The van der Waals surface area contributed by atoms with Gasteiger partial charge < -0.3 is 4.57 Å². The van der Waals surface area contributed by atoms with Crippen LogP contribution in [-0.4, -0.2) is 4.57 Å². The van der Waals surface area contributed by atoms with Crippen LogP contribution in [0.2, 0.25) is 0 Å². The molecule has 7 rings (SSSR count). The normalized spacial score (nSPS) is 11.4. The molecule has 0 bridgehead atoms. The Labute approximate surface area is 210 Å². The second kappa shape index (κ2) is 8.55. The van der Waals surface area contributed by atoms with Crippen molar-refractivity contribution in [3.63, 3.8) is 0 Å². The van der Waals surface area contributed by atoms with E-state index in [1.54, 1.807) is 0 Å². The Balaban J connectivity index is 1.42. The smallest absolute Gasteiger partial charge is 0.0541 e. The number of hydrogen-bond acceptors (Lipinski definition) is 0. The number of para-hydroxylation sites is 2. The van der Waals surface area contributed by atoms with E-state index >= 15 is 0 Å². The highest BCUT2D eigenvalue weighted by Gasteiger charge is 2.14. The van der Waals surface area contributed by atoms with Gasteiger partial charge in [0.2, 0.25) is 0 Å². The largest absolute Gasteiger partial charge is 0.309 e. The zero-order valence-electron chi connectivity index (χ0n) is 19.9. The zero-order chi connectivity index (χ0) is 23.9. The van der Waals surface area contributed by atoms with E-state index < -0.39 is 0 Å². The van der Waals surface area contributed by atoms with E-state index in [1.807, 2.05) is 0 Å². The van der Waals surface area contributed by atoms with Gasteiger partial charge in [0.1, 0.15) is 0 Å². The third-order valence-electron chi connectivity index (χ3n) is 7.25. The van der Waals surface area contributed by atoms with E-state index in [0.717, 1.165) is 6.42 Å². The summed E-state index contributed by atoms with van der Waals surface area (Å²) in [5.74, 6) is 0. The van der Waals surface area contributed by atoms with Crippen LogP contribution in [0.15, 0.2) is 140 Å². The van der Waals surface area contributed by atoms with Gasteiger partial charge in [-0.2, -0.15) is 0 Å². The lowest BCUT2D eigenvalue weighted by Gasteiger charge is -2.12. The fourth-order valence-corrected chi connectivity index (χ4v) is 5.59. The molecule has 7 aromatic rings. The van der Waals surface area contributed by atoms with Crippen LogP contribution < -0.4 is 0 Å². The molecular weight excluding hydrogens is 434 g/mol. The molecule has 1 heterocycles. The Morgan fingerprint density at radius 3 is 1.97 bits per heavy atom. The number of fused-ring (bicyclic) bond motifs is 4. The quantitative estimate of drug-likeness (QED) is 0.247. The van der Waals surface area contributed by atoms with Crippen molar-refractivity contribution < 1.29 is 0 Å². The first-order valence-corrected chi connectivity index (χ1v) is 12.5. The van der Waals surface area contributed by atoms with Crippen molar-refractivity contribution in [1.82, 2.24) is 4.57 Å². The van der Waals surface area contributed by atoms with E-state index in [2.05, 4.69) is 144 Å². The van der Waals surface area contributed by atoms with Crippen LogP contribution in [0.3, 0.4) is 0 Å². The highest BCUT2D eigenvalue weighted by molar-refractivity contribution is 6.11. The minimum atomic E-state index is 0.936. The Morgan fingerprint density at radius 2 is 1.11 bits per heavy atom. The predicted molar refractivity (Wildman–Crippen MR) is 153 cm³/mol. The summed E-state index contributed by atoms with van der Waals surface area (Å²) in [4.78, 5) is 0. The molecule has 0 radical (unpaired) electrons. The van der Waals surface area contributed by atoms with E-state index in [4.69, 9.17) is 0 Å². The Morgan fingerprint density at radius 1 is 0.444 bits per heavy atom. The molecule has 0 aliphatic heterocycles. The maximum atomic E-state index is 2.37. The molecule has 0 atom stereocenters.